The van der Waals surface area contributed by atoms with Gasteiger partial charge >= 0.3 is 0 Å². The number of carbonyl (C=O) groups is 1. The van der Waals surface area contributed by atoms with Crippen LogP contribution in [0.2, 0.25) is 5.02 Å². The van der Waals surface area contributed by atoms with Crippen molar-refractivity contribution in [3.8, 4) is 22.8 Å². The Bertz CT molecular complexity index is 1500. The van der Waals surface area contributed by atoms with E-state index in [9.17, 15) is 4.79 Å². The van der Waals surface area contributed by atoms with Crippen LogP contribution in [-0.2, 0) is 0 Å². The van der Waals surface area contributed by atoms with Crippen molar-refractivity contribution in [3.05, 3.63) is 107 Å². The van der Waals surface area contributed by atoms with Crippen molar-refractivity contribution in [2.75, 3.05) is 5.32 Å². The Balaban J connectivity index is 1.58. The second kappa shape index (κ2) is 8.57. The first-order chi connectivity index (χ1) is 16.0. The van der Waals surface area contributed by atoms with Crippen molar-refractivity contribution in [3.63, 3.8) is 0 Å². The number of halogens is 1. The number of nitrogens with one attached hydrogen (secondary N) is 1. The lowest BCUT2D eigenvalue weighted by Gasteiger charge is -2.12. The predicted molar refractivity (Wildman–Crippen MR) is 134 cm³/mol. The predicted octanol–water partition coefficient (Wildman–Crippen LogP) is 7.68. The molecule has 0 spiro atoms. The fraction of sp³-hybridized carbons (Fsp3) is 0.0714. The highest BCUT2D eigenvalue weighted by molar-refractivity contribution is 6.33. The third-order valence-corrected chi connectivity index (χ3v) is 5.93. The lowest BCUT2D eigenvalue weighted by Crippen LogP contribution is -2.14. The van der Waals surface area contributed by atoms with Crippen molar-refractivity contribution in [1.29, 1.82) is 0 Å². The van der Waals surface area contributed by atoms with Crippen LogP contribution < -0.4 is 5.32 Å². The Morgan fingerprint density at radius 2 is 1.64 bits per heavy atom. The molecule has 0 radical (unpaired) electrons. The van der Waals surface area contributed by atoms with Gasteiger partial charge in [-0.2, -0.15) is 0 Å². The Morgan fingerprint density at radius 3 is 2.48 bits per heavy atom. The van der Waals surface area contributed by atoms with E-state index in [1.54, 1.807) is 6.07 Å². The first kappa shape index (κ1) is 21.0. The molecule has 33 heavy (non-hydrogen) atoms. The minimum atomic E-state index is -0.193. The van der Waals surface area contributed by atoms with E-state index >= 15 is 0 Å². The number of aromatic nitrogens is 1. The van der Waals surface area contributed by atoms with Crippen molar-refractivity contribution < 1.29 is 9.21 Å². The van der Waals surface area contributed by atoms with Gasteiger partial charge in [-0.3, -0.25) is 4.79 Å². The van der Waals surface area contributed by atoms with E-state index < -0.39 is 0 Å². The lowest BCUT2D eigenvalue weighted by atomic mass is 10.1. The van der Waals surface area contributed by atoms with Crippen molar-refractivity contribution in [2.45, 2.75) is 13.8 Å². The second-order valence-corrected chi connectivity index (χ2v) is 8.40. The molecule has 4 nitrogen and oxygen atoms in total. The van der Waals surface area contributed by atoms with Gasteiger partial charge in [-0.05, 0) is 67.4 Å². The zero-order valence-electron chi connectivity index (χ0n) is 18.2. The number of anilines is 1. The molecule has 1 amide bonds. The van der Waals surface area contributed by atoms with Gasteiger partial charge in [0.2, 0.25) is 0 Å². The van der Waals surface area contributed by atoms with Crippen LogP contribution in [-0.4, -0.2) is 10.9 Å². The summed E-state index contributed by atoms with van der Waals surface area (Å²) in [7, 11) is 0. The number of nitrogens with zero attached hydrogens (tertiary/aromatic N) is 1. The molecule has 162 valence electrons. The average molecular weight is 453 g/mol. The monoisotopic (exact) mass is 452 g/mol. The number of amides is 1. The molecule has 1 N–H and O–H groups in total. The topological polar surface area (TPSA) is 55.1 Å². The minimum Gasteiger partial charge on any atom is -0.454 e. The molecule has 0 saturated carbocycles. The van der Waals surface area contributed by atoms with Gasteiger partial charge in [-0.15, -0.1) is 0 Å². The number of fused-ring (bicyclic) bond motifs is 1. The summed E-state index contributed by atoms with van der Waals surface area (Å²) in [6, 6.07) is 26.6. The Morgan fingerprint density at radius 1 is 0.879 bits per heavy atom. The van der Waals surface area contributed by atoms with E-state index in [2.05, 4.69) is 5.32 Å². The Labute approximate surface area is 196 Å². The standard InChI is InChI=1S/C28H21ClN2O2/c1-17-11-12-18(2)24(15-17)31-28(32)21-16-25(30-23-10-6-4-7-19(21)23)27-14-13-26(33-27)20-8-3-5-9-22(20)29/h3-16H,1-2H3,(H,31,32). The molecule has 0 aliphatic heterocycles. The summed E-state index contributed by atoms with van der Waals surface area (Å²) >= 11 is 6.33. The van der Waals surface area contributed by atoms with Gasteiger partial charge in [0.05, 0.1) is 16.1 Å². The van der Waals surface area contributed by atoms with Gasteiger partial charge in [-0.25, -0.2) is 4.98 Å². The van der Waals surface area contributed by atoms with Gasteiger partial charge in [0.15, 0.2) is 5.76 Å². The van der Waals surface area contributed by atoms with Crippen LogP contribution in [0.4, 0.5) is 5.69 Å². The van der Waals surface area contributed by atoms with Gasteiger partial charge in [0.1, 0.15) is 11.5 Å². The number of hydrogen-bond donors (Lipinski definition) is 1. The first-order valence-corrected chi connectivity index (χ1v) is 11.0. The van der Waals surface area contributed by atoms with Gasteiger partial charge in [-0.1, -0.05) is 54.1 Å². The summed E-state index contributed by atoms with van der Waals surface area (Å²) in [5.41, 5.74) is 5.52. The number of pyridine rings is 1. The van der Waals surface area contributed by atoms with Crippen LogP contribution in [0.15, 0.2) is 89.3 Å². The number of para-hydroxylation sites is 1. The summed E-state index contributed by atoms with van der Waals surface area (Å²) in [5, 5.41) is 4.45. The smallest absolute Gasteiger partial charge is 0.256 e. The molecule has 0 atom stereocenters. The van der Waals surface area contributed by atoms with Gasteiger partial charge < -0.3 is 9.73 Å². The highest BCUT2D eigenvalue weighted by atomic mass is 35.5. The minimum absolute atomic E-state index is 0.193. The van der Waals surface area contributed by atoms with Crippen molar-refractivity contribution >= 4 is 34.1 Å². The summed E-state index contributed by atoms with van der Waals surface area (Å²) in [5.74, 6) is 1.02. The lowest BCUT2D eigenvalue weighted by molar-refractivity contribution is 0.102. The summed E-state index contributed by atoms with van der Waals surface area (Å²) in [6.07, 6.45) is 0. The summed E-state index contributed by atoms with van der Waals surface area (Å²) < 4.78 is 6.09. The summed E-state index contributed by atoms with van der Waals surface area (Å²) in [4.78, 5) is 18.1. The zero-order chi connectivity index (χ0) is 22.9. The highest BCUT2D eigenvalue weighted by Crippen LogP contribution is 2.33. The number of benzene rings is 3. The Kier molecular flexibility index (Phi) is 5.45. The maximum atomic E-state index is 13.4. The van der Waals surface area contributed by atoms with Crippen LogP contribution in [0.25, 0.3) is 33.7 Å². The molecule has 0 aliphatic carbocycles. The highest BCUT2D eigenvalue weighted by Gasteiger charge is 2.17. The van der Waals surface area contributed by atoms with Crippen LogP contribution in [0.3, 0.4) is 0 Å². The number of carbonyl (C=O) groups excluding carboxylic acids is 1. The van der Waals surface area contributed by atoms with Crippen LogP contribution in [0.1, 0.15) is 21.5 Å². The second-order valence-electron chi connectivity index (χ2n) is 7.99. The van der Waals surface area contributed by atoms with Crippen LogP contribution >= 0.6 is 11.6 Å². The Hall–Kier alpha value is -3.89. The first-order valence-electron chi connectivity index (χ1n) is 10.6. The summed E-state index contributed by atoms with van der Waals surface area (Å²) in [6.45, 7) is 3.98. The maximum Gasteiger partial charge on any atom is 0.256 e. The molecule has 5 rings (SSSR count). The fourth-order valence-corrected chi connectivity index (χ4v) is 4.06. The molecule has 2 aromatic heterocycles. The fourth-order valence-electron chi connectivity index (χ4n) is 3.83. The van der Waals surface area contributed by atoms with E-state index in [0.717, 1.165) is 33.3 Å². The van der Waals surface area contributed by atoms with E-state index in [0.29, 0.717) is 27.8 Å². The SMILES string of the molecule is Cc1ccc(C)c(NC(=O)c2cc(-c3ccc(-c4ccccc4Cl)o3)nc3ccccc23)c1. The van der Waals surface area contributed by atoms with Crippen LogP contribution in [0.5, 0.6) is 0 Å². The molecule has 3 aromatic carbocycles. The molecule has 0 saturated heterocycles. The normalized spacial score (nSPS) is 11.0. The van der Waals surface area contributed by atoms with E-state index in [-0.39, 0.29) is 5.91 Å². The molecular formula is C28H21ClN2O2. The van der Waals surface area contributed by atoms with E-state index in [1.807, 2.05) is 92.7 Å². The van der Waals surface area contributed by atoms with Crippen molar-refractivity contribution in [1.82, 2.24) is 4.98 Å². The molecule has 5 aromatic rings. The average Bonchev–Trinajstić information content (AvgIpc) is 3.31. The van der Waals surface area contributed by atoms with Crippen molar-refractivity contribution in [2.24, 2.45) is 0 Å². The maximum absolute atomic E-state index is 13.4. The zero-order valence-corrected chi connectivity index (χ0v) is 19.0. The largest absolute Gasteiger partial charge is 0.454 e. The number of hydrogen-bond acceptors (Lipinski definition) is 3. The molecular weight excluding hydrogens is 432 g/mol. The quantitative estimate of drug-likeness (QED) is 0.304. The van der Waals surface area contributed by atoms with E-state index in [1.165, 1.54) is 0 Å². The molecule has 0 aliphatic rings. The number of furan rings is 1. The van der Waals surface area contributed by atoms with E-state index in [4.69, 9.17) is 21.0 Å². The molecule has 0 fully saturated rings. The molecule has 0 bridgehead atoms. The van der Waals surface area contributed by atoms with Gasteiger partial charge in [0, 0.05) is 16.6 Å². The van der Waals surface area contributed by atoms with Crippen LogP contribution in [0, 0.1) is 13.8 Å². The molecule has 0 unspecified atom stereocenters. The van der Waals surface area contributed by atoms with Gasteiger partial charge in [0.25, 0.3) is 5.91 Å². The third-order valence-electron chi connectivity index (χ3n) is 5.60. The molecule has 2 heterocycles. The third kappa shape index (κ3) is 4.13. The molecule has 5 heteroatoms. The number of aryl methyl sites for hydroxylation is 2. The number of rotatable bonds is 4.